The highest BCUT2D eigenvalue weighted by atomic mass is 35.5. The van der Waals surface area contributed by atoms with Gasteiger partial charge in [0.1, 0.15) is 10.6 Å². The number of alkyl halides is 3. The van der Waals surface area contributed by atoms with E-state index in [1.807, 2.05) is 0 Å². The molecule has 0 aliphatic rings. The number of hydrogen-bond donors (Lipinski definition) is 0. The van der Waals surface area contributed by atoms with Crippen LogP contribution in [0.4, 0.5) is 13.2 Å². The van der Waals surface area contributed by atoms with Gasteiger partial charge in [0.2, 0.25) is 9.84 Å². The summed E-state index contributed by atoms with van der Waals surface area (Å²) in [5.74, 6) is 0. The molecule has 2 aromatic rings. The topological polar surface area (TPSA) is 50.3 Å². The number of hydrogen-bond acceptors (Lipinski definition) is 4. The van der Waals surface area contributed by atoms with Gasteiger partial charge < -0.3 is 4.90 Å². The number of aromatic nitrogens is 1. The van der Waals surface area contributed by atoms with Crippen molar-refractivity contribution in [1.82, 2.24) is 9.88 Å². The molecule has 1 aromatic heterocycles. The summed E-state index contributed by atoms with van der Waals surface area (Å²) in [5.41, 5.74) is -1.30. The minimum Gasteiger partial charge on any atom is -0.382 e. The van der Waals surface area contributed by atoms with Crippen LogP contribution in [0.15, 0.2) is 53.7 Å². The Morgan fingerprint density at radius 3 is 2.28 bits per heavy atom. The van der Waals surface area contributed by atoms with Gasteiger partial charge in [-0.25, -0.2) is 8.42 Å². The lowest BCUT2D eigenvalue weighted by atomic mass is 10.2. The lowest BCUT2D eigenvalue weighted by Gasteiger charge is -2.15. The summed E-state index contributed by atoms with van der Waals surface area (Å²) in [6, 6.07) is 8.17. The van der Waals surface area contributed by atoms with Crippen LogP contribution in [0.3, 0.4) is 0 Å². The van der Waals surface area contributed by atoms with Crippen LogP contribution in [0, 0.1) is 0 Å². The van der Waals surface area contributed by atoms with Crippen molar-refractivity contribution < 1.29 is 21.6 Å². The fourth-order valence-corrected chi connectivity index (χ4v) is 3.85. The summed E-state index contributed by atoms with van der Waals surface area (Å²) in [6.45, 7) is 0. The third-order valence-corrected chi connectivity index (χ3v) is 5.18. The number of halogens is 4. The molecule has 0 N–H and O–H groups in total. The third kappa shape index (κ3) is 4.32. The first-order valence-electron chi connectivity index (χ1n) is 6.95. The molecule has 0 spiro atoms. The molecule has 0 saturated carbocycles. The number of nitrogens with zero attached hydrogens (tertiary/aromatic N) is 2. The van der Waals surface area contributed by atoms with E-state index in [9.17, 15) is 21.6 Å². The lowest BCUT2D eigenvalue weighted by molar-refractivity contribution is -0.137. The zero-order chi connectivity index (χ0) is 18.8. The summed E-state index contributed by atoms with van der Waals surface area (Å²) in [5, 5.41) is -0.401. The van der Waals surface area contributed by atoms with E-state index in [4.69, 9.17) is 11.6 Å². The average Bonchev–Trinajstić information content (AvgIpc) is 2.52. The first-order valence-corrected chi connectivity index (χ1v) is 8.81. The highest BCUT2D eigenvalue weighted by Crippen LogP contribution is 2.35. The molecule has 1 heterocycles. The van der Waals surface area contributed by atoms with Gasteiger partial charge in [0.15, 0.2) is 0 Å². The van der Waals surface area contributed by atoms with Crippen molar-refractivity contribution in [3.63, 3.8) is 0 Å². The fourth-order valence-electron chi connectivity index (χ4n) is 1.99. The first kappa shape index (κ1) is 19.3. The lowest BCUT2D eigenvalue weighted by Crippen LogP contribution is -2.13. The molecule has 0 aliphatic carbocycles. The summed E-state index contributed by atoms with van der Waals surface area (Å²) < 4.78 is 64.1. The van der Waals surface area contributed by atoms with Gasteiger partial charge >= 0.3 is 6.18 Å². The number of pyridine rings is 1. The molecular weight excluding hydrogens is 377 g/mol. The molecule has 0 saturated heterocycles. The highest BCUT2D eigenvalue weighted by Gasteiger charge is 2.33. The van der Waals surface area contributed by atoms with Crippen molar-refractivity contribution in [2.45, 2.75) is 11.1 Å². The molecule has 0 bridgehead atoms. The van der Waals surface area contributed by atoms with Crippen LogP contribution >= 0.6 is 11.6 Å². The maximum atomic E-state index is 12.9. The normalized spacial score (nSPS) is 13.0. The molecule has 2 rings (SSSR count). The molecular formula is C16H14ClF3N2O2S. The molecule has 4 nitrogen and oxygen atoms in total. The van der Waals surface area contributed by atoms with Crippen LogP contribution < -0.4 is 0 Å². The first-order chi connectivity index (χ1) is 11.5. The van der Waals surface area contributed by atoms with E-state index in [2.05, 4.69) is 4.98 Å². The Balaban J connectivity index is 2.65. The Morgan fingerprint density at radius 1 is 1.20 bits per heavy atom. The van der Waals surface area contributed by atoms with E-state index in [1.54, 1.807) is 32.3 Å². The van der Waals surface area contributed by atoms with Gasteiger partial charge in [-0.3, -0.25) is 4.98 Å². The highest BCUT2D eigenvalue weighted by molar-refractivity contribution is 8.00. The van der Waals surface area contributed by atoms with Crippen molar-refractivity contribution in [3.8, 4) is 0 Å². The standard InChI is InChI=1S/C16H14ClF3N2O2S/c1-22(2)10-14(25(23,24)12-6-4-3-5-7-12)15-13(17)8-11(9-21-15)16(18,19)20/h3-10H,1-2H3. The fraction of sp³-hybridized carbons (Fsp3) is 0.188. The second-order valence-corrected chi connectivity index (χ2v) is 7.65. The average molecular weight is 391 g/mol. The van der Waals surface area contributed by atoms with E-state index in [0.717, 1.165) is 0 Å². The Hall–Kier alpha value is -2.06. The van der Waals surface area contributed by atoms with E-state index < -0.39 is 26.6 Å². The molecule has 1 aromatic carbocycles. The van der Waals surface area contributed by atoms with Crippen molar-refractivity contribution in [1.29, 1.82) is 0 Å². The van der Waals surface area contributed by atoms with Crippen LogP contribution in [0.1, 0.15) is 11.3 Å². The van der Waals surface area contributed by atoms with E-state index >= 15 is 0 Å². The number of benzene rings is 1. The predicted octanol–water partition coefficient (Wildman–Crippen LogP) is 4.09. The molecule has 0 aliphatic heterocycles. The number of sulfone groups is 1. The zero-order valence-corrected chi connectivity index (χ0v) is 14.8. The van der Waals surface area contributed by atoms with E-state index in [-0.39, 0.29) is 15.5 Å². The predicted molar refractivity (Wildman–Crippen MR) is 89.5 cm³/mol. The molecule has 0 fully saturated rings. The van der Waals surface area contributed by atoms with Gasteiger partial charge in [0.05, 0.1) is 15.5 Å². The van der Waals surface area contributed by atoms with Gasteiger partial charge in [0, 0.05) is 26.5 Å². The zero-order valence-electron chi connectivity index (χ0n) is 13.2. The van der Waals surface area contributed by atoms with Gasteiger partial charge in [-0.1, -0.05) is 29.8 Å². The summed E-state index contributed by atoms with van der Waals surface area (Å²) >= 11 is 5.92. The number of rotatable bonds is 4. The van der Waals surface area contributed by atoms with Crippen LogP contribution in [0.5, 0.6) is 0 Å². The van der Waals surface area contributed by atoms with Crippen LogP contribution in [-0.2, 0) is 16.0 Å². The van der Waals surface area contributed by atoms with Gasteiger partial charge in [-0.2, -0.15) is 13.2 Å². The monoisotopic (exact) mass is 390 g/mol. The second kappa shape index (κ2) is 7.05. The molecule has 0 unspecified atom stereocenters. The Bertz CT molecular complexity index is 895. The smallest absolute Gasteiger partial charge is 0.382 e. The van der Waals surface area contributed by atoms with Gasteiger partial charge in [-0.05, 0) is 18.2 Å². The Morgan fingerprint density at radius 2 is 1.80 bits per heavy atom. The maximum Gasteiger partial charge on any atom is 0.417 e. The van der Waals surface area contributed by atoms with Gasteiger partial charge in [0.25, 0.3) is 0 Å². The largest absolute Gasteiger partial charge is 0.417 e. The second-order valence-electron chi connectivity index (χ2n) is 5.33. The minimum atomic E-state index is -4.63. The molecule has 0 amide bonds. The van der Waals surface area contributed by atoms with E-state index in [0.29, 0.717) is 12.3 Å². The van der Waals surface area contributed by atoms with Crippen molar-refractivity contribution in [3.05, 3.63) is 65.1 Å². The van der Waals surface area contributed by atoms with Crippen molar-refractivity contribution in [2.24, 2.45) is 0 Å². The van der Waals surface area contributed by atoms with Crippen molar-refractivity contribution in [2.75, 3.05) is 14.1 Å². The third-order valence-electron chi connectivity index (χ3n) is 3.12. The molecule has 134 valence electrons. The van der Waals surface area contributed by atoms with Crippen molar-refractivity contribution >= 4 is 26.3 Å². The minimum absolute atomic E-state index is 0.0131. The summed E-state index contributed by atoms with van der Waals surface area (Å²) in [4.78, 5) is 4.81. The summed E-state index contributed by atoms with van der Waals surface area (Å²) in [6.07, 6.45) is -2.81. The maximum absolute atomic E-state index is 12.9. The Labute approximate surface area is 148 Å². The van der Waals surface area contributed by atoms with Crippen LogP contribution in [0.2, 0.25) is 5.02 Å². The van der Waals surface area contributed by atoms with Gasteiger partial charge in [-0.15, -0.1) is 0 Å². The quantitative estimate of drug-likeness (QED) is 0.789. The molecule has 9 heteroatoms. The van der Waals surface area contributed by atoms with E-state index in [1.165, 1.54) is 23.2 Å². The SMILES string of the molecule is CN(C)C=C(c1ncc(C(F)(F)F)cc1Cl)S(=O)(=O)c1ccccc1. The Kier molecular flexibility index (Phi) is 5.43. The summed E-state index contributed by atoms with van der Waals surface area (Å²) in [7, 11) is -0.865. The molecule has 0 radical (unpaired) electrons. The molecule has 25 heavy (non-hydrogen) atoms. The van der Waals surface area contributed by atoms with Crippen LogP contribution in [-0.4, -0.2) is 32.4 Å². The van der Waals surface area contributed by atoms with Crippen LogP contribution in [0.25, 0.3) is 4.91 Å². The molecule has 0 atom stereocenters.